The van der Waals surface area contributed by atoms with Crippen LogP contribution in [0.15, 0.2) is 54.6 Å². The second kappa shape index (κ2) is 9.17. The van der Waals surface area contributed by atoms with Crippen LogP contribution >= 0.6 is 0 Å². The lowest BCUT2D eigenvalue weighted by Gasteiger charge is -2.25. The van der Waals surface area contributed by atoms with E-state index in [2.05, 4.69) is 5.32 Å². The predicted molar refractivity (Wildman–Crippen MR) is 107 cm³/mol. The minimum absolute atomic E-state index is 0.0416. The zero-order chi connectivity index (χ0) is 21.7. The quantitative estimate of drug-likeness (QED) is 0.425. The molecule has 1 fully saturated rings. The van der Waals surface area contributed by atoms with E-state index in [1.807, 2.05) is 37.3 Å². The molecule has 1 aliphatic rings. The molecule has 1 N–H and O–H groups in total. The molecule has 1 saturated heterocycles. The number of nitro benzene ring substituents is 1. The number of carbonyl (C=O) groups is 3. The molecule has 9 heteroatoms. The van der Waals surface area contributed by atoms with Gasteiger partial charge in [0.2, 0.25) is 5.91 Å². The number of benzene rings is 2. The van der Waals surface area contributed by atoms with Crippen molar-refractivity contribution in [2.24, 2.45) is 5.92 Å². The fraction of sp³-hybridized carbons (Fsp3) is 0.286. The summed E-state index contributed by atoms with van der Waals surface area (Å²) in [6, 6.07) is 14.6. The summed E-state index contributed by atoms with van der Waals surface area (Å²) in [6.45, 7) is 1.63. The molecular weight excluding hydrogens is 390 g/mol. The Morgan fingerprint density at radius 1 is 1.20 bits per heavy atom. The number of amides is 2. The summed E-state index contributed by atoms with van der Waals surface area (Å²) in [5.41, 5.74) is 1.22. The highest BCUT2D eigenvalue weighted by Gasteiger charge is 2.38. The molecule has 2 amide bonds. The molecular formula is C21H21N3O6. The maximum absolute atomic E-state index is 12.3. The van der Waals surface area contributed by atoms with Crippen LogP contribution in [0.4, 0.5) is 11.4 Å². The molecule has 0 aliphatic carbocycles. The molecule has 0 saturated carbocycles. The smallest absolute Gasteiger partial charge is 0.311 e. The fourth-order valence-corrected chi connectivity index (χ4v) is 3.29. The summed E-state index contributed by atoms with van der Waals surface area (Å²) >= 11 is 0. The number of likely N-dealkylation sites (tertiary alicyclic amines) is 1. The number of nitrogens with one attached hydrogen (secondary N) is 1. The van der Waals surface area contributed by atoms with E-state index in [0.29, 0.717) is 5.69 Å². The number of rotatable bonds is 7. The molecule has 156 valence electrons. The van der Waals surface area contributed by atoms with Gasteiger partial charge in [-0.05, 0) is 24.6 Å². The number of carbonyl (C=O) groups excluding carboxylic acids is 3. The Hall–Kier alpha value is -3.75. The first-order chi connectivity index (χ1) is 14.3. The SMILES string of the molecule is C[C@@H](c1ccccc1)N1C[C@H](C(=O)OCC(=O)Nc2ccc([N+](=O)[O-])cc2)CC1=O. The zero-order valence-corrected chi connectivity index (χ0v) is 16.3. The minimum atomic E-state index is -0.629. The molecule has 2 atom stereocenters. The van der Waals surface area contributed by atoms with E-state index in [-0.39, 0.29) is 30.6 Å². The average Bonchev–Trinajstić information content (AvgIpc) is 3.14. The number of hydrogen-bond acceptors (Lipinski definition) is 6. The number of esters is 1. The van der Waals surface area contributed by atoms with E-state index in [1.54, 1.807) is 4.90 Å². The summed E-state index contributed by atoms with van der Waals surface area (Å²) in [7, 11) is 0. The van der Waals surface area contributed by atoms with Gasteiger partial charge in [-0.3, -0.25) is 24.5 Å². The second-order valence-electron chi connectivity index (χ2n) is 6.99. The number of nitro groups is 1. The van der Waals surface area contributed by atoms with Crippen LogP contribution in [0.3, 0.4) is 0 Å². The van der Waals surface area contributed by atoms with Gasteiger partial charge in [-0.15, -0.1) is 0 Å². The summed E-state index contributed by atoms with van der Waals surface area (Å²) < 4.78 is 5.07. The molecule has 9 nitrogen and oxygen atoms in total. The minimum Gasteiger partial charge on any atom is -0.455 e. The van der Waals surface area contributed by atoms with Crippen LogP contribution in [0, 0.1) is 16.0 Å². The van der Waals surface area contributed by atoms with Crippen LogP contribution in [-0.2, 0) is 19.1 Å². The summed E-state index contributed by atoms with van der Waals surface area (Å²) in [4.78, 5) is 48.4. The van der Waals surface area contributed by atoms with Gasteiger partial charge in [0.25, 0.3) is 11.6 Å². The van der Waals surface area contributed by atoms with Gasteiger partial charge in [0.05, 0.1) is 16.9 Å². The molecule has 0 unspecified atom stereocenters. The highest BCUT2D eigenvalue weighted by molar-refractivity contribution is 5.93. The van der Waals surface area contributed by atoms with Gasteiger partial charge in [-0.2, -0.15) is 0 Å². The van der Waals surface area contributed by atoms with E-state index in [4.69, 9.17) is 4.74 Å². The highest BCUT2D eigenvalue weighted by atomic mass is 16.6. The van der Waals surface area contributed by atoms with Crippen molar-refractivity contribution >= 4 is 29.2 Å². The summed E-state index contributed by atoms with van der Waals surface area (Å²) in [5.74, 6) is -1.94. The number of ether oxygens (including phenoxy) is 1. The Kier molecular flexibility index (Phi) is 6.41. The molecule has 30 heavy (non-hydrogen) atoms. The van der Waals surface area contributed by atoms with Gasteiger partial charge in [-0.1, -0.05) is 30.3 Å². The van der Waals surface area contributed by atoms with E-state index in [9.17, 15) is 24.5 Å². The van der Waals surface area contributed by atoms with E-state index in [0.717, 1.165) is 5.56 Å². The lowest BCUT2D eigenvalue weighted by molar-refractivity contribution is -0.384. The maximum Gasteiger partial charge on any atom is 0.311 e. The topological polar surface area (TPSA) is 119 Å². The number of non-ortho nitro benzene ring substituents is 1. The lowest BCUT2D eigenvalue weighted by atomic mass is 10.1. The number of nitrogens with zero attached hydrogens (tertiary/aromatic N) is 2. The van der Waals surface area contributed by atoms with Crippen molar-refractivity contribution in [1.82, 2.24) is 4.90 Å². The van der Waals surface area contributed by atoms with Crippen molar-refractivity contribution in [1.29, 1.82) is 0 Å². The monoisotopic (exact) mass is 411 g/mol. The molecule has 2 aromatic rings. The van der Waals surface area contributed by atoms with Crippen molar-refractivity contribution in [3.63, 3.8) is 0 Å². The van der Waals surface area contributed by atoms with Gasteiger partial charge in [0, 0.05) is 30.8 Å². The lowest BCUT2D eigenvalue weighted by Crippen LogP contribution is -2.30. The third-order valence-electron chi connectivity index (χ3n) is 4.95. The van der Waals surface area contributed by atoms with Crippen molar-refractivity contribution < 1.29 is 24.0 Å². The first-order valence-corrected chi connectivity index (χ1v) is 9.40. The second-order valence-corrected chi connectivity index (χ2v) is 6.99. The van der Waals surface area contributed by atoms with Crippen LogP contribution < -0.4 is 5.32 Å². The van der Waals surface area contributed by atoms with Gasteiger partial charge in [-0.25, -0.2) is 0 Å². The Labute approximate surface area is 172 Å². The highest BCUT2D eigenvalue weighted by Crippen LogP contribution is 2.29. The van der Waals surface area contributed by atoms with Crippen LogP contribution in [0.5, 0.6) is 0 Å². The Morgan fingerprint density at radius 2 is 1.87 bits per heavy atom. The predicted octanol–water partition coefficient (Wildman–Crippen LogP) is 2.69. The van der Waals surface area contributed by atoms with Crippen molar-refractivity contribution in [3.05, 3.63) is 70.3 Å². The fourth-order valence-electron chi connectivity index (χ4n) is 3.29. The van der Waals surface area contributed by atoms with Gasteiger partial charge < -0.3 is 15.0 Å². The number of anilines is 1. The first kappa shape index (κ1) is 21.0. The van der Waals surface area contributed by atoms with Crippen LogP contribution in [0.25, 0.3) is 0 Å². The van der Waals surface area contributed by atoms with Crippen LogP contribution in [0.2, 0.25) is 0 Å². The van der Waals surface area contributed by atoms with E-state index in [1.165, 1.54) is 24.3 Å². The Morgan fingerprint density at radius 3 is 2.50 bits per heavy atom. The summed E-state index contributed by atoms with van der Waals surface area (Å²) in [6.07, 6.45) is 0.0416. The normalized spacial score (nSPS) is 16.8. The molecule has 0 radical (unpaired) electrons. The van der Waals surface area contributed by atoms with Gasteiger partial charge in [0.15, 0.2) is 6.61 Å². The molecule has 1 heterocycles. The molecule has 0 aromatic heterocycles. The zero-order valence-electron chi connectivity index (χ0n) is 16.3. The molecule has 1 aliphatic heterocycles. The first-order valence-electron chi connectivity index (χ1n) is 9.40. The molecule has 2 aromatic carbocycles. The Balaban J connectivity index is 1.49. The molecule has 0 bridgehead atoms. The third kappa shape index (κ3) is 4.99. The third-order valence-corrected chi connectivity index (χ3v) is 4.95. The van der Waals surface area contributed by atoms with Crippen molar-refractivity contribution in [2.75, 3.05) is 18.5 Å². The van der Waals surface area contributed by atoms with Gasteiger partial charge in [0.1, 0.15) is 0 Å². The maximum atomic E-state index is 12.3. The van der Waals surface area contributed by atoms with Crippen LogP contribution in [0.1, 0.15) is 24.9 Å². The summed E-state index contributed by atoms with van der Waals surface area (Å²) in [5, 5.41) is 13.1. The largest absolute Gasteiger partial charge is 0.455 e. The van der Waals surface area contributed by atoms with Crippen LogP contribution in [-0.4, -0.2) is 40.8 Å². The van der Waals surface area contributed by atoms with Crippen molar-refractivity contribution in [2.45, 2.75) is 19.4 Å². The standard InChI is InChI=1S/C21H21N3O6/c1-14(15-5-3-2-4-6-15)23-12-16(11-20(23)26)21(27)30-13-19(25)22-17-7-9-18(10-8-17)24(28)29/h2-10,14,16H,11-13H2,1H3,(H,22,25)/t14-,16+/m0/s1. The molecule has 3 rings (SSSR count). The van der Waals surface area contributed by atoms with Crippen molar-refractivity contribution in [3.8, 4) is 0 Å². The number of hydrogen-bond donors (Lipinski definition) is 1. The van der Waals surface area contributed by atoms with E-state index >= 15 is 0 Å². The average molecular weight is 411 g/mol. The molecule has 0 spiro atoms. The van der Waals surface area contributed by atoms with Gasteiger partial charge >= 0.3 is 5.97 Å². The van der Waals surface area contributed by atoms with E-state index < -0.39 is 29.3 Å². The Bertz CT molecular complexity index is 945.